The van der Waals surface area contributed by atoms with Crippen LogP contribution in [0.5, 0.6) is 0 Å². The molecule has 0 spiro atoms. The van der Waals surface area contributed by atoms with E-state index in [0.717, 1.165) is 24.7 Å². The Kier molecular flexibility index (Phi) is 4.61. The van der Waals surface area contributed by atoms with Crippen molar-refractivity contribution < 1.29 is 0 Å². The Bertz CT molecular complexity index is 529. The smallest absolute Gasteiger partial charge is 0.129 e. The summed E-state index contributed by atoms with van der Waals surface area (Å²) in [6.07, 6.45) is 5.45. The zero-order valence-electron chi connectivity index (χ0n) is 11.6. The van der Waals surface area contributed by atoms with Crippen LogP contribution in [0.3, 0.4) is 0 Å². The molecule has 0 atom stereocenters. The molecular formula is C13H20ClN5. The zero-order chi connectivity index (χ0) is 13.8. The molecule has 2 aromatic rings. The van der Waals surface area contributed by atoms with Gasteiger partial charge in [0, 0.05) is 19.4 Å². The maximum absolute atomic E-state index is 5.99. The maximum atomic E-state index is 5.99. The third-order valence-corrected chi connectivity index (χ3v) is 3.33. The monoisotopic (exact) mass is 281 g/mol. The van der Waals surface area contributed by atoms with Crippen LogP contribution >= 0.6 is 11.6 Å². The number of halogens is 1. The van der Waals surface area contributed by atoms with E-state index in [2.05, 4.69) is 33.7 Å². The van der Waals surface area contributed by atoms with Crippen LogP contribution in [0.25, 0.3) is 0 Å². The topological polar surface area (TPSA) is 47.7 Å². The Labute approximate surface area is 118 Å². The van der Waals surface area contributed by atoms with Gasteiger partial charge >= 0.3 is 0 Å². The first-order chi connectivity index (χ1) is 9.08. The molecule has 0 amide bonds. The lowest BCUT2D eigenvalue weighted by molar-refractivity contribution is 0.530. The molecule has 2 rings (SSSR count). The molecule has 0 saturated heterocycles. The summed E-state index contributed by atoms with van der Waals surface area (Å²) in [6.45, 7) is 6.82. The van der Waals surface area contributed by atoms with Gasteiger partial charge in [-0.15, -0.1) is 0 Å². The van der Waals surface area contributed by atoms with E-state index in [9.17, 15) is 0 Å². The van der Waals surface area contributed by atoms with Crippen LogP contribution in [-0.4, -0.2) is 25.6 Å². The Balaban J connectivity index is 2.01. The molecule has 104 valence electrons. The summed E-state index contributed by atoms with van der Waals surface area (Å²) in [5.41, 5.74) is 0. The first-order valence-electron chi connectivity index (χ1n) is 6.44. The number of hydrogen-bond acceptors (Lipinski definition) is 3. The number of rotatable bonds is 6. The average molecular weight is 282 g/mol. The van der Waals surface area contributed by atoms with Gasteiger partial charge in [0.25, 0.3) is 0 Å². The molecule has 0 unspecified atom stereocenters. The van der Waals surface area contributed by atoms with E-state index in [0.29, 0.717) is 17.6 Å². The summed E-state index contributed by atoms with van der Waals surface area (Å²) in [5, 5.41) is 4.04. The number of aromatic nitrogens is 4. The van der Waals surface area contributed by atoms with E-state index >= 15 is 0 Å². The molecule has 0 radical (unpaired) electrons. The standard InChI is InChI=1S/C13H20ClN5/c1-10(2)6-15-8-12-16-4-5-19(12)9-13-17-7-11(14)18(13)3/h4-5,7,10,15H,6,8-9H2,1-3H3. The molecule has 1 N–H and O–H groups in total. The Morgan fingerprint density at radius 3 is 2.74 bits per heavy atom. The van der Waals surface area contributed by atoms with Gasteiger partial charge in [0.05, 0.1) is 19.3 Å². The lowest BCUT2D eigenvalue weighted by atomic mass is 10.2. The second-order valence-electron chi connectivity index (χ2n) is 5.05. The fourth-order valence-electron chi connectivity index (χ4n) is 1.85. The van der Waals surface area contributed by atoms with Crippen LogP contribution in [0.4, 0.5) is 0 Å². The fourth-order valence-corrected chi connectivity index (χ4v) is 1.99. The third kappa shape index (κ3) is 3.58. The summed E-state index contributed by atoms with van der Waals surface area (Å²) in [4.78, 5) is 8.68. The molecule has 0 saturated carbocycles. The van der Waals surface area contributed by atoms with Gasteiger partial charge in [0.1, 0.15) is 16.8 Å². The molecule has 0 aromatic carbocycles. The van der Waals surface area contributed by atoms with Gasteiger partial charge in [0.15, 0.2) is 0 Å². The molecule has 0 aliphatic heterocycles. The fraction of sp³-hybridized carbons (Fsp3) is 0.538. The first-order valence-corrected chi connectivity index (χ1v) is 6.82. The number of imidazole rings is 2. The van der Waals surface area contributed by atoms with Crippen molar-refractivity contribution in [2.24, 2.45) is 13.0 Å². The molecule has 2 aromatic heterocycles. The summed E-state index contributed by atoms with van der Waals surface area (Å²) in [6, 6.07) is 0. The molecule has 5 nitrogen and oxygen atoms in total. The van der Waals surface area contributed by atoms with E-state index in [1.165, 1.54) is 0 Å². The highest BCUT2D eigenvalue weighted by atomic mass is 35.5. The molecule has 2 heterocycles. The van der Waals surface area contributed by atoms with Crippen LogP contribution < -0.4 is 5.32 Å². The average Bonchev–Trinajstić information content (AvgIpc) is 2.91. The van der Waals surface area contributed by atoms with Crippen molar-refractivity contribution in [1.82, 2.24) is 24.4 Å². The molecule has 0 fully saturated rings. The second-order valence-corrected chi connectivity index (χ2v) is 5.44. The van der Waals surface area contributed by atoms with E-state index in [4.69, 9.17) is 11.6 Å². The quantitative estimate of drug-likeness (QED) is 0.882. The van der Waals surface area contributed by atoms with Crippen LogP contribution in [0.2, 0.25) is 5.15 Å². The Morgan fingerprint density at radius 1 is 1.32 bits per heavy atom. The lowest BCUT2D eigenvalue weighted by Crippen LogP contribution is -2.22. The van der Waals surface area contributed by atoms with Crippen molar-refractivity contribution in [2.75, 3.05) is 6.54 Å². The van der Waals surface area contributed by atoms with Crippen molar-refractivity contribution >= 4 is 11.6 Å². The predicted octanol–water partition coefficient (Wildman–Crippen LogP) is 2.06. The number of nitrogens with zero attached hydrogens (tertiary/aromatic N) is 4. The minimum atomic E-state index is 0.636. The highest BCUT2D eigenvalue weighted by Crippen LogP contribution is 2.11. The van der Waals surface area contributed by atoms with Crippen molar-refractivity contribution in [3.05, 3.63) is 35.4 Å². The van der Waals surface area contributed by atoms with Gasteiger partial charge in [-0.2, -0.15) is 0 Å². The molecular weight excluding hydrogens is 262 g/mol. The first kappa shape index (κ1) is 14.1. The minimum absolute atomic E-state index is 0.636. The minimum Gasteiger partial charge on any atom is -0.326 e. The highest BCUT2D eigenvalue weighted by Gasteiger charge is 2.08. The van der Waals surface area contributed by atoms with Crippen molar-refractivity contribution in [1.29, 1.82) is 0 Å². The van der Waals surface area contributed by atoms with Crippen LogP contribution in [0, 0.1) is 5.92 Å². The molecule has 19 heavy (non-hydrogen) atoms. The maximum Gasteiger partial charge on any atom is 0.129 e. The van der Waals surface area contributed by atoms with E-state index in [1.54, 1.807) is 6.20 Å². The molecule has 0 aliphatic rings. The van der Waals surface area contributed by atoms with E-state index < -0.39 is 0 Å². The lowest BCUT2D eigenvalue weighted by Gasteiger charge is -2.10. The van der Waals surface area contributed by atoms with Crippen molar-refractivity contribution in [3.8, 4) is 0 Å². The van der Waals surface area contributed by atoms with E-state index in [-0.39, 0.29) is 0 Å². The number of hydrogen-bond donors (Lipinski definition) is 1. The zero-order valence-corrected chi connectivity index (χ0v) is 12.4. The van der Waals surface area contributed by atoms with E-state index in [1.807, 2.05) is 24.0 Å². The third-order valence-electron chi connectivity index (χ3n) is 2.98. The van der Waals surface area contributed by atoms with Crippen LogP contribution in [0.15, 0.2) is 18.6 Å². The SMILES string of the molecule is CC(C)CNCc1nccn1Cc1ncc(Cl)n1C. The second kappa shape index (κ2) is 6.21. The largest absolute Gasteiger partial charge is 0.326 e. The molecule has 0 bridgehead atoms. The number of nitrogens with one attached hydrogen (secondary N) is 1. The van der Waals surface area contributed by atoms with Crippen LogP contribution in [0.1, 0.15) is 25.5 Å². The molecule has 0 aliphatic carbocycles. The Morgan fingerprint density at radius 2 is 2.11 bits per heavy atom. The van der Waals surface area contributed by atoms with Crippen molar-refractivity contribution in [2.45, 2.75) is 26.9 Å². The van der Waals surface area contributed by atoms with Gasteiger partial charge in [-0.25, -0.2) is 9.97 Å². The van der Waals surface area contributed by atoms with Gasteiger partial charge in [-0.3, -0.25) is 0 Å². The normalized spacial score (nSPS) is 11.4. The highest BCUT2D eigenvalue weighted by molar-refractivity contribution is 6.29. The van der Waals surface area contributed by atoms with Gasteiger partial charge in [-0.1, -0.05) is 25.4 Å². The van der Waals surface area contributed by atoms with Gasteiger partial charge in [0.2, 0.25) is 0 Å². The summed E-state index contributed by atoms with van der Waals surface area (Å²) in [7, 11) is 1.91. The van der Waals surface area contributed by atoms with Crippen molar-refractivity contribution in [3.63, 3.8) is 0 Å². The predicted molar refractivity (Wildman–Crippen MR) is 76.1 cm³/mol. The summed E-state index contributed by atoms with van der Waals surface area (Å²) in [5.74, 6) is 2.57. The molecule has 6 heteroatoms. The van der Waals surface area contributed by atoms with Crippen LogP contribution in [-0.2, 0) is 20.1 Å². The summed E-state index contributed by atoms with van der Waals surface area (Å²) < 4.78 is 3.97. The van der Waals surface area contributed by atoms with Gasteiger partial charge < -0.3 is 14.5 Å². The summed E-state index contributed by atoms with van der Waals surface area (Å²) >= 11 is 5.99. The van der Waals surface area contributed by atoms with Gasteiger partial charge in [-0.05, 0) is 12.5 Å². The Hall–Kier alpha value is -1.33.